The van der Waals surface area contributed by atoms with Crippen molar-refractivity contribution in [3.8, 4) is 0 Å². The Hall–Kier alpha value is -2.79. The Morgan fingerprint density at radius 1 is 1.15 bits per heavy atom. The molecule has 0 atom stereocenters. The highest BCUT2D eigenvalue weighted by Crippen LogP contribution is 2.33. The van der Waals surface area contributed by atoms with Crippen LogP contribution >= 0.6 is 11.6 Å². The van der Waals surface area contributed by atoms with Gasteiger partial charge in [-0.05, 0) is 68.8 Å². The molecule has 1 aromatic heterocycles. The summed E-state index contributed by atoms with van der Waals surface area (Å²) in [6.45, 7) is 5.80. The molecule has 2 aromatic carbocycles. The zero-order valence-electron chi connectivity index (χ0n) is 15.4. The first-order chi connectivity index (χ1) is 12.8. The van der Waals surface area contributed by atoms with E-state index in [4.69, 9.17) is 16.3 Å². The number of carbonyl (C=O) groups is 2. The van der Waals surface area contributed by atoms with Crippen LogP contribution in [0.5, 0.6) is 0 Å². The van der Waals surface area contributed by atoms with E-state index in [0.717, 1.165) is 16.5 Å². The molecule has 0 unspecified atom stereocenters. The van der Waals surface area contributed by atoms with Crippen molar-refractivity contribution < 1.29 is 14.3 Å². The van der Waals surface area contributed by atoms with Gasteiger partial charge in [-0.25, -0.2) is 4.79 Å². The molecule has 1 amide bonds. The lowest BCUT2D eigenvalue weighted by Gasteiger charge is -2.23. The average Bonchev–Trinajstić information content (AvgIpc) is 3.06. The number of benzene rings is 2. The molecule has 0 aliphatic carbocycles. The SMILES string of the molecule is CCOC(=O)c1ccc(NC(=O)C(C)(C)c2c[nH]c3ccc(Cl)cc23)cc1. The summed E-state index contributed by atoms with van der Waals surface area (Å²) < 4.78 is 4.96. The Labute approximate surface area is 162 Å². The second-order valence-corrected chi connectivity index (χ2v) is 7.21. The van der Waals surface area contributed by atoms with Crippen LogP contribution in [-0.2, 0) is 14.9 Å². The smallest absolute Gasteiger partial charge is 0.338 e. The van der Waals surface area contributed by atoms with Gasteiger partial charge in [0.05, 0.1) is 17.6 Å². The lowest BCUT2D eigenvalue weighted by Crippen LogP contribution is -2.34. The zero-order chi connectivity index (χ0) is 19.6. The minimum Gasteiger partial charge on any atom is -0.462 e. The number of carbonyl (C=O) groups excluding carboxylic acids is 2. The van der Waals surface area contributed by atoms with Gasteiger partial charge in [-0.15, -0.1) is 0 Å². The minimum atomic E-state index is -0.789. The number of aromatic nitrogens is 1. The molecule has 0 fully saturated rings. The molecular formula is C21H21ClN2O3. The summed E-state index contributed by atoms with van der Waals surface area (Å²) in [5.74, 6) is -0.543. The van der Waals surface area contributed by atoms with Crippen molar-refractivity contribution in [2.24, 2.45) is 0 Å². The first kappa shape index (κ1) is 19.0. The van der Waals surface area contributed by atoms with Crippen molar-refractivity contribution >= 4 is 40.1 Å². The predicted octanol–water partition coefficient (Wildman–Crippen LogP) is 4.91. The number of ether oxygens (including phenoxy) is 1. The Morgan fingerprint density at radius 3 is 2.52 bits per heavy atom. The largest absolute Gasteiger partial charge is 0.462 e. The first-order valence-corrected chi connectivity index (χ1v) is 9.06. The van der Waals surface area contributed by atoms with E-state index in [1.807, 2.05) is 38.2 Å². The van der Waals surface area contributed by atoms with Crippen LogP contribution in [0.2, 0.25) is 5.02 Å². The normalized spacial score (nSPS) is 11.4. The Morgan fingerprint density at radius 2 is 1.85 bits per heavy atom. The van der Waals surface area contributed by atoms with E-state index in [0.29, 0.717) is 22.9 Å². The number of anilines is 1. The number of aromatic amines is 1. The zero-order valence-corrected chi connectivity index (χ0v) is 16.2. The van der Waals surface area contributed by atoms with Gasteiger partial charge >= 0.3 is 5.97 Å². The molecule has 0 spiro atoms. The van der Waals surface area contributed by atoms with Crippen LogP contribution in [0.1, 0.15) is 36.7 Å². The summed E-state index contributed by atoms with van der Waals surface area (Å²) in [6, 6.07) is 12.2. The number of hydrogen-bond acceptors (Lipinski definition) is 3. The summed E-state index contributed by atoms with van der Waals surface area (Å²) >= 11 is 6.12. The number of nitrogens with one attached hydrogen (secondary N) is 2. The summed E-state index contributed by atoms with van der Waals surface area (Å²) in [6.07, 6.45) is 1.84. The molecule has 0 aliphatic rings. The molecule has 1 heterocycles. The predicted molar refractivity (Wildman–Crippen MR) is 107 cm³/mol. The van der Waals surface area contributed by atoms with Gasteiger partial charge in [0.1, 0.15) is 0 Å². The number of H-pyrrole nitrogens is 1. The van der Waals surface area contributed by atoms with Crippen LogP contribution in [-0.4, -0.2) is 23.5 Å². The molecule has 6 heteroatoms. The topological polar surface area (TPSA) is 71.2 Å². The van der Waals surface area contributed by atoms with E-state index in [1.165, 1.54) is 0 Å². The third-order valence-corrected chi connectivity index (χ3v) is 4.77. The number of hydrogen-bond donors (Lipinski definition) is 2. The van der Waals surface area contributed by atoms with Crippen LogP contribution in [0.15, 0.2) is 48.7 Å². The quantitative estimate of drug-likeness (QED) is 0.613. The lowest BCUT2D eigenvalue weighted by atomic mass is 9.83. The van der Waals surface area contributed by atoms with Crippen molar-refractivity contribution in [3.63, 3.8) is 0 Å². The fraction of sp³-hybridized carbons (Fsp3) is 0.238. The molecule has 0 aliphatic heterocycles. The van der Waals surface area contributed by atoms with Gasteiger partial charge in [0.2, 0.25) is 5.91 Å². The summed E-state index contributed by atoms with van der Waals surface area (Å²) in [5, 5.41) is 4.45. The maximum atomic E-state index is 12.9. The molecule has 0 saturated carbocycles. The van der Waals surface area contributed by atoms with Gasteiger partial charge < -0.3 is 15.0 Å². The third-order valence-electron chi connectivity index (χ3n) is 4.54. The highest BCUT2D eigenvalue weighted by molar-refractivity contribution is 6.31. The van der Waals surface area contributed by atoms with E-state index in [1.54, 1.807) is 31.2 Å². The lowest BCUT2D eigenvalue weighted by molar-refractivity contribution is -0.120. The van der Waals surface area contributed by atoms with E-state index in [-0.39, 0.29) is 11.9 Å². The van der Waals surface area contributed by atoms with E-state index < -0.39 is 5.41 Å². The standard InChI is InChI=1S/C21H21ClN2O3/c1-4-27-19(25)13-5-8-15(9-6-13)24-20(26)21(2,3)17-12-23-18-10-7-14(22)11-16(17)18/h5-12,23H,4H2,1-3H3,(H,24,26). The second kappa shape index (κ2) is 7.45. The summed E-state index contributed by atoms with van der Waals surface area (Å²) in [5.41, 5.74) is 2.05. The Kier molecular flexibility index (Phi) is 5.24. The fourth-order valence-corrected chi connectivity index (χ4v) is 3.10. The van der Waals surface area contributed by atoms with Gasteiger partial charge in [0, 0.05) is 27.8 Å². The maximum Gasteiger partial charge on any atom is 0.338 e. The van der Waals surface area contributed by atoms with Crippen LogP contribution < -0.4 is 5.32 Å². The van der Waals surface area contributed by atoms with E-state index >= 15 is 0 Å². The molecule has 140 valence electrons. The van der Waals surface area contributed by atoms with Crippen molar-refractivity contribution in [1.29, 1.82) is 0 Å². The van der Waals surface area contributed by atoms with Gasteiger partial charge in [0.25, 0.3) is 0 Å². The Balaban J connectivity index is 1.82. The molecule has 5 nitrogen and oxygen atoms in total. The second-order valence-electron chi connectivity index (χ2n) is 6.77. The third kappa shape index (κ3) is 3.83. The van der Waals surface area contributed by atoms with Crippen LogP contribution in [0.4, 0.5) is 5.69 Å². The van der Waals surface area contributed by atoms with E-state index in [2.05, 4.69) is 10.3 Å². The Bertz CT molecular complexity index is 990. The molecule has 2 N–H and O–H groups in total. The maximum absolute atomic E-state index is 12.9. The number of amides is 1. The molecular weight excluding hydrogens is 364 g/mol. The van der Waals surface area contributed by atoms with Crippen molar-refractivity contribution in [3.05, 3.63) is 64.8 Å². The number of halogens is 1. The first-order valence-electron chi connectivity index (χ1n) is 8.68. The molecule has 27 heavy (non-hydrogen) atoms. The summed E-state index contributed by atoms with van der Waals surface area (Å²) in [4.78, 5) is 27.8. The van der Waals surface area contributed by atoms with Crippen LogP contribution in [0, 0.1) is 0 Å². The van der Waals surface area contributed by atoms with Gasteiger partial charge in [0.15, 0.2) is 0 Å². The highest BCUT2D eigenvalue weighted by atomic mass is 35.5. The monoisotopic (exact) mass is 384 g/mol. The van der Waals surface area contributed by atoms with Crippen molar-refractivity contribution in [1.82, 2.24) is 4.98 Å². The van der Waals surface area contributed by atoms with Gasteiger partial charge in [-0.1, -0.05) is 11.6 Å². The highest BCUT2D eigenvalue weighted by Gasteiger charge is 2.32. The fourth-order valence-electron chi connectivity index (χ4n) is 2.92. The number of rotatable bonds is 5. The molecule has 3 aromatic rings. The minimum absolute atomic E-state index is 0.160. The molecule has 3 rings (SSSR count). The van der Waals surface area contributed by atoms with Crippen LogP contribution in [0.25, 0.3) is 10.9 Å². The molecule has 0 bridgehead atoms. The van der Waals surface area contributed by atoms with Gasteiger partial charge in [-0.2, -0.15) is 0 Å². The van der Waals surface area contributed by atoms with Crippen LogP contribution in [0.3, 0.4) is 0 Å². The number of esters is 1. The summed E-state index contributed by atoms with van der Waals surface area (Å²) in [7, 11) is 0. The number of fused-ring (bicyclic) bond motifs is 1. The van der Waals surface area contributed by atoms with E-state index in [9.17, 15) is 9.59 Å². The van der Waals surface area contributed by atoms with Gasteiger partial charge in [-0.3, -0.25) is 4.79 Å². The molecule has 0 saturated heterocycles. The van der Waals surface area contributed by atoms with Crippen molar-refractivity contribution in [2.45, 2.75) is 26.2 Å². The molecule has 0 radical (unpaired) electrons. The average molecular weight is 385 g/mol. The van der Waals surface area contributed by atoms with Crippen molar-refractivity contribution in [2.75, 3.05) is 11.9 Å².